The lowest BCUT2D eigenvalue weighted by Crippen LogP contribution is -2.37. The highest BCUT2D eigenvalue weighted by molar-refractivity contribution is 6.42. The lowest BCUT2D eigenvalue weighted by molar-refractivity contribution is -0.154. The maximum Gasteiger partial charge on any atom is 0.326 e. The summed E-state index contributed by atoms with van der Waals surface area (Å²) in [6.45, 7) is -1.01. The Bertz CT molecular complexity index is 774. The molecule has 7 nitrogen and oxygen atoms in total. The third-order valence-electron chi connectivity index (χ3n) is 4.79. The van der Waals surface area contributed by atoms with E-state index in [1.165, 1.54) is 12.1 Å². The fourth-order valence-corrected chi connectivity index (χ4v) is 3.78. The summed E-state index contributed by atoms with van der Waals surface area (Å²) in [5, 5.41) is 3.14. The Labute approximate surface area is 165 Å². The van der Waals surface area contributed by atoms with Gasteiger partial charge < -0.3 is 10.1 Å². The summed E-state index contributed by atoms with van der Waals surface area (Å²) in [6.07, 6.45) is 3.17. The molecule has 1 saturated carbocycles. The van der Waals surface area contributed by atoms with E-state index >= 15 is 0 Å². The molecule has 1 aliphatic carbocycles. The molecule has 2 atom stereocenters. The largest absolute Gasteiger partial charge is 0.454 e. The van der Waals surface area contributed by atoms with Crippen LogP contribution in [0.1, 0.15) is 25.7 Å². The van der Waals surface area contributed by atoms with Crippen LogP contribution in [0.25, 0.3) is 0 Å². The summed E-state index contributed by atoms with van der Waals surface area (Å²) in [5.74, 6) is -2.66. The van der Waals surface area contributed by atoms with Crippen LogP contribution in [0, 0.1) is 11.8 Å². The molecule has 0 spiro atoms. The summed E-state index contributed by atoms with van der Waals surface area (Å²) in [7, 11) is 0. The van der Waals surface area contributed by atoms with E-state index in [4.69, 9.17) is 27.9 Å². The molecular formula is C18H18Cl2N2O5. The van der Waals surface area contributed by atoms with Crippen LogP contribution in [0.4, 0.5) is 5.69 Å². The van der Waals surface area contributed by atoms with Gasteiger partial charge in [-0.3, -0.25) is 24.1 Å². The molecule has 3 amide bonds. The number of hydrogen-bond acceptors (Lipinski definition) is 5. The molecule has 27 heavy (non-hydrogen) atoms. The SMILES string of the molecule is O=C(COC(=O)CN1C(=O)[C@H]2CCCC[C@H]2C1=O)Nc1ccc(Cl)c(Cl)c1. The van der Waals surface area contributed by atoms with Crippen LogP contribution in [0.5, 0.6) is 0 Å². The highest BCUT2D eigenvalue weighted by Crippen LogP contribution is 2.37. The number of rotatable bonds is 5. The van der Waals surface area contributed by atoms with Crippen LogP contribution in [0.3, 0.4) is 0 Å². The van der Waals surface area contributed by atoms with E-state index in [9.17, 15) is 19.2 Å². The average Bonchev–Trinajstić information content (AvgIpc) is 2.88. The van der Waals surface area contributed by atoms with E-state index in [2.05, 4.69) is 5.32 Å². The summed E-state index contributed by atoms with van der Waals surface area (Å²) >= 11 is 11.7. The second kappa shape index (κ2) is 8.27. The first-order chi connectivity index (χ1) is 12.9. The molecule has 0 bridgehead atoms. The van der Waals surface area contributed by atoms with Gasteiger partial charge in [0.15, 0.2) is 6.61 Å². The minimum Gasteiger partial charge on any atom is -0.454 e. The number of esters is 1. The number of halogens is 2. The van der Waals surface area contributed by atoms with Gasteiger partial charge >= 0.3 is 5.97 Å². The number of amides is 3. The highest BCUT2D eigenvalue weighted by Gasteiger charge is 2.48. The fraction of sp³-hybridized carbons (Fsp3) is 0.444. The summed E-state index contributed by atoms with van der Waals surface area (Å²) < 4.78 is 4.89. The van der Waals surface area contributed by atoms with Crippen LogP contribution in [-0.4, -0.2) is 41.7 Å². The molecule has 1 aliphatic heterocycles. The van der Waals surface area contributed by atoms with E-state index in [0.29, 0.717) is 23.6 Å². The molecule has 144 valence electrons. The quantitative estimate of drug-likeness (QED) is 0.592. The predicted octanol–water partition coefficient (Wildman–Crippen LogP) is 2.65. The van der Waals surface area contributed by atoms with Gasteiger partial charge in [-0.25, -0.2) is 0 Å². The van der Waals surface area contributed by atoms with Gasteiger partial charge in [0.1, 0.15) is 6.54 Å². The molecule has 1 saturated heterocycles. The minimum absolute atomic E-state index is 0.277. The number of hydrogen-bond donors (Lipinski definition) is 1. The number of fused-ring (bicyclic) bond motifs is 1. The van der Waals surface area contributed by atoms with Crippen LogP contribution in [0.2, 0.25) is 10.0 Å². The first kappa shape index (κ1) is 19.6. The zero-order chi connectivity index (χ0) is 19.6. The summed E-state index contributed by atoms with van der Waals surface area (Å²) in [5.41, 5.74) is 0.402. The van der Waals surface area contributed by atoms with Crippen molar-refractivity contribution in [1.82, 2.24) is 4.90 Å². The van der Waals surface area contributed by atoms with Crippen molar-refractivity contribution in [2.24, 2.45) is 11.8 Å². The molecule has 2 aliphatic rings. The van der Waals surface area contributed by atoms with Crippen LogP contribution >= 0.6 is 23.2 Å². The van der Waals surface area contributed by atoms with Gasteiger partial charge in [0.05, 0.1) is 21.9 Å². The zero-order valence-corrected chi connectivity index (χ0v) is 15.9. The number of nitrogens with zero attached hydrogens (tertiary/aromatic N) is 1. The summed E-state index contributed by atoms with van der Waals surface area (Å²) in [6, 6.07) is 4.54. The predicted molar refractivity (Wildman–Crippen MR) is 98.2 cm³/mol. The molecule has 1 heterocycles. The third kappa shape index (κ3) is 4.42. The van der Waals surface area contributed by atoms with Gasteiger partial charge in [0.25, 0.3) is 5.91 Å². The number of ether oxygens (including phenoxy) is 1. The van der Waals surface area contributed by atoms with Crippen molar-refractivity contribution in [3.8, 4) is 0 Å². The number of carbonyl (C=O) groups excluding carboxylic acids is 4. The number of anilines is 1. The summed E-state index contributed by atoms with van der Waals surface area (Å²) in [4.78, 5) is 49.4. The maximum absolute atomic E-state index is 12.3. The van der Waals surface area contributed by atoms with Crippen molar-refractivity contribution < 1.29 is 23.9 Å². The van der Waals surface area contributed by atoms with Crippen molar-refractivity contribution in [1.29, 1.82) is 0 Å². The third-order valence-corrected chi connectivity index (χ3v) is 5.53. The first-order valence-corrected chi connectivity index (χ1v) is 9.38. The molecule has 3 rings (SSSR count). The van der Waals surface area contributed by atoms with Crippen LogP contribution in [-0.2, 0) is 23.9 Å². The zero-order valence-electron chi connectivity index (χ0n) is 14.4. The van der Waals surface area contributed by atoms with E-state index in [1.54, 1.807) is 6.07 Å². The van der Waals surface area contributed by atoms with Gasteiger partial charge in [-0.2, -0.15) is 0 Å². The molecule has 0 unspecified atom stereocenters. The topological polar surface area (TPSA) is 92.8 Å². The Hall–Kier alpha value is -2.12. The Morgan fingerprint density at radius 2 is 1.70 bits per heavy atom. The molecule has 0 aromatic heterocycles. The smallest absolute Gasteiger partial charge is 0.326 e. The van der Waals surface area contributed by atoms with Gasteiger partial charge in [0, 0.05) is 5.69 Å². The first-order valence-electron chi connectivity index (χ1n) is 8.62. The number of imide groups is 1. The normalized spacial score (nSPS) is 21.8. The molecule has 0 radical (unpaired) electrons. The monoisotopic (exact) mass is 412 g/mol. The van der Waals surface area contributed by atoms with Gasteiger partial charge in [-0.15, -0.1) is 0 Å². The van der Waals surface area contributed by atoms with E-state index in [1.807, 2.05) is 0 Å². The molecule has 1 N–H and O–H groups in total. The van der Waals surface area contributed by atoms with E-state index in [-0.39, 0.29) is 28.7 Å². The molecule has 9 heteroatoms. The lowest BCUT2D eigenvalue weighted by Gasteiger charge is -2.19. The van der Waals surface area contributed by atoms with Gasteiger partial charge in [-0.05, 0) is 31.0 Å². The van der Waals surface area contributed by atoms with Crippen molar-refractivity contribution >= 4 is 52.6 Å². The average molecular weight is 413 g/mol. The standard InChI is InChI=1S/C18H18Cl2N2O5/c19-13-6-5-10(7-14(13)20)21-15(23)9-27-16(24)8-22-17(25)11-3-1-2-4-12(11)18(22)26/h5-7,11-12H,1-4,8-9H2,(H,21,23)/t11-,12+. The molecule has 1 aromatic rings. The Morgan fingerprint density at radius 3 is 2.30 bits per heavy atom. The lowest BCUT2D eigenvalue weighted by atomic mass is 9.81. The van der Waals surface area contributed by atoms with Gasteiger partial charge in [-0.1, -0.05) is 36.0 Å². The fourth-order valence-electron chi connectivity index (χ4n) is 3.48. The van der Waals surface area contributed by atoms with Crippen molar-refractivity contribution in [2.75, 3.05) is 18.5 Å². The van der Waals surface area contributed by atoms with Crippen molar-refractivity contribution in [3.63, 3.8) is 0 Å². The number of nitrogens with one attached hydrogen (secondary N) is 1. The van der Waals surface area contributed by atoms with Gasteiger partial charge in [0.2, 0.25) is 11.8 Å². The second-order valence-corrected chi connectivity index (χ2v) is 7.41. The van der Waals surface area contributed by atoms with E-state index in [0.717, 1.165) is 17.7 Å². The Morgan fingerprint density at radius 1 is 1.07 bits per heavy atom. The Balaban J connectivity index is 1.49. The number of carbonyl (C=O) groups is 4. The number of benzene rings is 1. The minimum atomic E-state index is -0.806. The van der Waals surface area contributed by atoms with E-state index < -0.39 is 25.0 Å². The number of likely N-dealkylation sites (tertiary alicyclic amines) is 1. The van der Waals surface area contributed by atoms with Crippen LogP contribution < -0.4 is 5.32 Å². The Kier molecular flexibility index (Phi) is 6.01. The molecular weight excluding hydrogens is 395 g/mol. The van der Waals surface area contributed by atoms with Crippen LogP contribution in [0.15, 0.2) is 18.2 Å². The molecule has 2 fully saturated rings. The second-order valence-electron chi connectivity index (χ2n) is 6.60. The van der Waals surface area contributed by atoms with Crippen molar-refractivity contribution in [3.05, 3.63) is 28.2 Å². The maximum atomic E-state index is 12.3. The highest BCUT2D eigenvalue weighted by atomic mass is 35.5. The van der Waals surface area contributed by atoms with Crippen molar-refractivity contribution in [2.45, 2.75) is 25.7 Å². The molecule has 1 aromatic carbocycles.